The Bertz CT molecular complexity index is 315. The van der Waals surface area contributed by atoms with E-state index in [1.807, 2.05) is 0 Å². The third-order valence-electron chi connectivity index (χ3n) is 5.22. The molecular weight excluding hydrogens is 246 g/mol. The van der Waals surface area contributed by atoms with Gasteiger partial charge in [-0.1, -0.05) is 33.1 Å². The highest BCUT2D eigenvalue weighted by Crippen LogP contribution is 2.26. The van der Waals surface area contributed by atoms with Gasteiger partial charge in [0, 0.05) is 19.1 Å². The first-order chi connectivity index (χ1) is 9.69. The SMILES string of the molecule is CC(C)C1CC(NCC2CCCCC2)CN(CC#N)C1. The zero-order chi connectivity index (χ0) is 14.4. The molecule has 2 unspecified atom stereocenters. The van der Waals surface area contributed by atoms with Crippen LogP contribution in [0.4, 0.5) is 0 Å². The summed E-state index contributed by atoms with van der Waals surface area (Å²) in [6.07, 6.45) is 8.39. The lowest BCUT2D eigenvalue weighted by Crippen LogP contribution is -2.51. The second kappa shape index (κ2) is 8.00. The number of nitrogens with zero attached hydrogens (tertiary/aromatic N) is 2. The van der Waals surface area contributed by atoms with Crippen molar-refractivity contribution in [2.24, 2.45) is 17.8 Å². The van der Waals surface area contributed by atoms with Crippen molar-refractivity contribution in [3.63, 3.8) is 0 Å². The predicted octanol–water partition coefficient (Wildman–Crippen LogP) is 3.03. The molecule has 0 bridgehead atoms. The summed E-state index contributed by atoms with van der Waals surface area (Å²) >= 11 is 0. The number of nitriles is 1. The predicted molar refractivity (Wildman–Crippen MR) is 83.4 cm³/mol. The normalized spacial score (nSPS) is 29.5. The van der Waals surface area contributed by atoms with E-state index in [2.05, 4.69) is 30.1 Å². The molecule has 1 aliphatic carbocycles. The summed E-state index contributed by atoms with van der Waals surface area (Å²) in [6.45, 7) is 8.58. The molecule has 2 atom stereocenters. The van der Waals surface area contributed by atoms with Gasteiger partial charge in [-0.2, -0.15) is 5.26 Å². The second-order valence-electron chi connectivity index (χ2n) is 7.20. The highest BCUT2D eigenvalue weighted by atomic mass is 15.2. The molecular formula is C17H31N3. The first kappa shape index (κ1) is 15.8. The zero-order valence-electron chi connectivity index (χ0n) is 13.3. The number of nitrogens with one attached hydrogen (secondary N) is 1. The lowest BCUT2D eigenvalue weighted by atomic mass is 9.84. The van der Waals surface area contributed by atoms with Gasteiger partial charge in [-0.3, -0.25) is 4.90 Å². The van der Waals surface area contributed by atoms with Crippen molar-refractivity contribution in [3.8, 4) is 6.07 Å². The van der Waals surface area contributed by atoms with Crippen LogP contribution < -0.4 is 5.32 Å². The van der Waals surface area contributed by atoms with Gasteiger partial charge in [0.05, 0.1) is 12.6 Å². The van der Waals surface area contributed by atoms with Gasteiger partial charge in [-0.15, -0.1) is 0 Å². The average molecular weight is 277 g/mol. The summed E-state index contributed by atoms with van der Waals surface area (Å²) in [5.74, 6) is 2.35. The fraction of sp³-hybridized carbons (Fsp3) is 0.941. The molecule has 1 N–H and O–H groups in total. The maximum Gasteiger partial charge on any atom is 0.0866 e. The van der Waals surface area contributed by atoms with Crippen LogP contribution in [0.25, 0.3) is 0 Å². The first-order valence-electron chi connectivity index (χ1n) is 8.51. The van der Waals surface area contributed by atoms with Crippen molar-refractivity contribution in [1.82, 2.24) is 10.2 Å². The number of hydrogen-bond acceptors (Lipinski definition) is 3. The summed E-state index contributed by atoms with van der Waals surface area (Å²) in [7, 11) is 0. The van der Waals surface area contributed by atoms with Gasteiger partial charge in [-0.05, 0) is 43.6 Å². The molecule has 0 aromatic rings. The fourth-order valence-electron chi connectivity index (χ4n) is 3.82. The van der Waals surface area contributed by atoms with Crippen LogP contribution in [0.1, 0.15) is 52.4 Å². The minimum absolute atomic E-state index is 0.588. The molecule has 2 rings (SSSR count). The van der Waals surface area contributed by atoms with E-state index in [0.29, 0.717) is 12.6 Å². The molecule has 114 valence electrons. The van der Waals surface area contributed by atoms with Crippen LogP contribution in [-0.4, -0.2) is 37.1 Å². The summed E-state index contributed by atoms with van der Waals surface area (Å²) in [5.41, 5.74) is 0. The van der Waals surface area contributed by atoms with Crippen molar-refractivity contribution in [1.29, 1.82) is 5.26 Å². The highest BCUT2D eigenvalue weighted by Gasteiger charge is 2.29. The molecule has 1 heterocycles. The molecule has 1 aliphatic heterocycles. The smallest absolute Gasteiger partial charge is 0.0866 e. The van der Waals surface area contributed by atoms with Crippen LogP contribution in [0.15, 0.2) is 0 Å². The molecule has 1 saturated carbocycles. The number of rotatable bonds is 5. The quantitative estimate of drug-likeness (QED) is 0.785. The van der Waals surface area contributed by atoms with E-state index < -0.39 is 0 Å². The van der Waals surface area contributed by atoms with Gasteiger partial charge in [-0.25, -0.2) is 0 Å². The third kappa shape index (κ3) is 4.75. The van der Waals surface area contributed by atoms with Crippen LogP contribution in [0, 0.1) is 29.1 Å². The summed E-state index contributed by atoms with van der Waals surface area (Å²) in [5, 5.41) is 12.8. The minimum Gasteiger partial charge on any atom is -0.312 e. The Morgan fingerprint density at radius 1 is 1.20 bits per heavy atom. The molecule has 20 heavy (non-hydrogen) atoms. The van der Waals surface area contributed by atoms with Crippen molar-refractivity contribution in [3.05, 3.63) is 0 Å². The van der Waals surface area contributed by atoms with Gasteiger partial charge in [0.1, 0.15) is 0 Å². The van der Waals surface area contributed by atoms with Crippen molar-refractivity contribution < 1.29 is 0 Å². The molecule has 0 aromatic heterocycles. The number of hydrogen-bond donors (Lipinski definition) is 1. The number of likely N-dealkylation sites (tertiary alicyclic amines) is 1. The molecule has 1 saturated heterocycles. The molecule has 0 aromatic carbocycles. The van der Waals surface area contributed by atoms with Gasteiger partial charge in [0.25, 0.3) is 0 Å². The summed E-state index contributed by atoms with van der Waals surface area (Å²) in [4.78, 5) is 2.34. The van der Waals surface area contributed by atoms with Gasteiger partial charge in [0.2, 0.25) is 0 Å². The molecule has 0 radical (unpaired) electrons. The monoisotopic (exact) mass is 277 g/mol. The first-order valence-corrected chi connectivity index (χ1v) is 8.51. The van der Waals surface area contributed by atoms with Crippen LogP contribution in [0.5, 0.6) is 0 Å². The molecule has 0 amide bonds. The molecule has 2 fully saturated rings. The molecule has 0 spiro atoms. The van der Waals surface area contributed by atoms with Crippen LogP contribution in [-0.2, 0) is 0 Å². The lowest BCUT2D eigenvalue weighted by Gasteiger charge is -2.39. The van der Waals surface area contributed by atoms with Gasteiger partial charge < -0.3 is 5.32 Å². The van der Waals surface area contributed by atoms with Gasteiger partial charge in [0.15, 0.2) is 0 Å². The van der Waals surface area contributed by atoms with Gasteiger partial charge >= 0.3 is 0 Å². The van der Waals surface area contributed by atoms with Crippen LogP contribution >= 0.6 is 0 Å². The van der Waals surface area contributed by atoms with E-state index in [-0.39, 0.29) is 0 Å². The Labute approximate surface area is 124 Å². The van der Waals surface area contributed by atoms with Crippen LogP contribution in [0.2, 0.25) is 0 Å². The topological polar surface area (TPSA) is 39.1 Å². The lowest BCUT2D eigenvalue weighted by molar-refractivity contribution is 0.124. The Hall–Kier alpha value is -0.590. The Balaban J connectivity index is 1.80. The van der Waals surface area contributed by atoms with E-state index in [1.54, 1.807) is 0 Å². The Morgan fingerprint density at radius 3 is 2.60 bits per heavy atom. The van der Waals surface area contributed by atoms with E-state index >= 15 is 0 Å². The third-order valence-corrected chi connectivity index (χ3v) is 5.22. The fourth-order valence-corrected chi connectivity index (χ4v) is 3.82. The number of piperidine rings is 1. The average Bonchev–Trinajstić information content (AvgIpc) is 2.46. The van der Waals surface area contributed by atoms with Crippen molar-refractivity contribution >= 4 is 0 Å². The molecule has 3 heteroatoms. The van der Waals surface area contributed by atoms with Crippen molar-refractivity contribution in [2.75, 3.05) is 26.2 Å². The molecule has 2 aliphatic rings. The zero-order valence-corrected chi connectivity index (χ0v) is 13.3. The van der Waals surface area contributed by atoms with Crippen molar-refractivity contribution in [2.45, 2.75) is 58.4 Å². The Kier molecular flexibility index (Phi) is 6.32. The maximum absolute atomic E-state index is 8.95. The molecule has 3 nitrogen and oxygen atoms in total. The van der Waals surface area contributed by atoms with E-state index in [9.17, 15) is 0 Å². The highest BCUT2D eigenvalue weighted by molar-refractivity contribution is 4.89. The van der Waals surface area contributed by atoms with E-state index in [4.69, 9.17) is 5.26 Å². The van der Waals surface area contributed by atoms with E-state index in [0.717, 1.165) is 30.8 Å². The Morgan fingerprint density at radius 2 is 1.95 bits per heavy atom. The second-order valence-corrected chi connectivity index (χ2v) is 7.20. The van der Waals surface area contributed by atoms with Crippen LogP contribution in [0.3, 0.4) is 0 Å². The maximum atomic E-state index is 8.95. The van der Waals surface area contributed by atoms with E-state index in [1.165, 1.54) is 45.1 Å². The summed E-state index contributed by atoms with van der Waals surface area (Å²) in [6, 6.07) is 2.91. The largest absolute Gasteiger partial charge is 0.312 e. The standard InChI is InChI=1S/C17H31N3/c1-14(2)16-10-17(13-20(12-16)9-8-18)19-11-15-6-4-3-5-7-15/h14-17,19H,3-7,9-13H2,1-2H3. The summed E-state index contributed by atoms with van der Waals surface area (Å²) < 4.78 is 0. The minimum atomic E-state index is 0.588.